The van der Waals surface area contributed by atoms with Crippen molar-refractivity contribution in [2.75, 3.05) is 39.3 Å². The molecule has 15 heavy (non-hydrogen) atoms. The summed E-state index contributed by atoms with van der Waals surface area (Å²) >= 11 is 0. The van der Waals surface area contributed by atoms with Crippen LogP contribution in [0.25, 0.3) is 0 Å². The number of likely N-dealkylation sites (N-methyl/N-ethyl adjacent to an activating group) is 1. The van der Waals surface area contributed by atoms with Crippen molar-refractivity contribution in [3.63, 3.8) is 0 Å². The van der Waals surface area contributed by atoms with Crippen LogP contribution in [0.15, 0.2) is 5.34 Å². The molecule has 0 bridgehead atoms. The van der Waals surface area contributed by atoms with Crippen LogP contribution in [0.1, 0.15) is 6.92 Å². The van der Waals surface area contributed by atoms with Crippen molar-refractivity contribution in [2.45, 2.75) is 6.92 Å². The van der Waals surface area contributed by atoms with Gasteiger partial charge in [0.2, 0.25) is 0 Å². The summed E-state index contributed by atoms with van der Waals surface area (Å²) in [4.78, 5) is 24.8. The predicted octanol–water partition coefficient (Wildman–Crippen LogP) is -0.647. The second-order valence-electron chi connectivity index (χ2n) is 3.22. The molecular formula is C8H16N4O3. The summed E-state index contributed by atoms with van der Waals surface area (Å²) in [6.45, 7) is 6.24. The highest BCUT2D eigenvalue weighted by atomic mass is 16.7. The van der Waals surface area contributed by atoms with Gasteiger partial charge in [-0.1, -0.05) is 6.92 Å². The van der Waals surface area contributed by atoms with E-state index in [1.807, 2.05) is 11.9 Å². The van der Waals surface area contributed by atoms with E-state index in [2.05, 4.69) is 20.5 Å². The minimum Gasteiger partial charge on any atom is -0.314 e. The molecule has 86 valence electrons. The van der Waals surface area contributed by atoms with Crippen molar-refractivity contribution < 1.29 is 9.63 Å². The summed E-state index contributed by atoms with van der Waals surface area (Å²) in [5.41, 5.74) is 0. The van der Waals surface area contributed by atoms with Gasteiger partial charge in [-0.3, -0.25) is 4.84 Å². The van der Waals surface area contributed by atoms with Gasteiger partial charge in [0, 0.05) is 32.7 Å². The first kappa shape index (κ1) is 12.0. The van der Waals surface area contributed by atoms with Gasteiger partial charge >= 0.3 is 5.97 Å². The summed E-state index contributed by atoms with van der Waals surface area (Å²) in [7, 11) is 0. The van der Waals surface area contributed by atoms with Gasteiger partial charge in [-0.05, 0) is 0 Å². The maximum Gasteiger partial charge on any atom is 0.353 e. The fraction of sp³-hybridized carbons (Fsp3) is 0.875. The van der Waals surface area contributed by atoms with Crippen molar-refractivity contribution in [3.05, 3.63) is 4.91 Å². The summed E-state index contributed by atoms with van der Waals surface area (Å²) in [6, 6.07) is 0. The first-order chi connectivity index (χ1) is 7.27. The van der Waals surface area contributed by atoms with E-state index in [1.165, 1.54) is 0 Å². The molecule has 0 atom stereocenters. The number of hydrogen-bond acceptors (Lipinski definition) is 7. The number of nitrogens with one attached hydrogen (secondary N) is 1. The Labute approximate surface area is 88.3 Å². The average molecular weight is 216 g/mol. The summed E-state index contributed by atoms with van der Waals surface area (Å²) in [6.07, 6.45) is 0. The number of hydrazine groups is 1. The zero-order valence-electron chi connectivity index (χ0n) is 8.81. The fourth-order valence-electron chi connectivity index (χ4n) is 1.57. The SMILES string of the molecule is CCN(CC(=O)ON=O)N1CCNCC1. The topological polar surface area (TPSA) is 74.2 Å². The molecule has 1 N–H and O–H groups in total. The molecule has 0 spiro atoms. The van der Waals surface area contributed by atoms with Gasteiger partial charge in [-0.25, -0.2) is 14.8 Å². The molecule has 0 saturated carbocycles. The highest BCUT2D eigenvalue weighted by Gasteiger charge is 2.19. The third-order valence-electron chi connectivity index (χ3n) is 2.31. The van der Waals surface area contributed by atoms with Crippen LogP contribution < -0.4 is 5.32 Å². The first-order valence-corrected chi connectivity index (χ1v) is 5.01. The molecule has 1 saturated heterocycles. The Morgan fingerprint density at radius 2 is 2.20 bits per heavy atom. The van der Waals surface area contributed by atoms with Crippen LogP contribution in [0.2, 0.25) is 0 Å². The Balaban J connectivity index is 2.39. The Bertz CT molecular complexity index is 218. The number of nitrogens with zero attached hydrogens (tertiary/aromatic N) is 3. The molecule has 1 aliphatic rings. The zero-order valence-corrected chi connectivity index (χ0v) is 8.81. The lowest BCUT2D eigenvalue weighted by Crippen LogP contribution is -2.53. The maximum atomic E-state index is 11.1. The Morgan fingerprint density at radius 1 is 1.53 bits per heavy atom. The normalized spacial score (nSPS) is 17.7. The van der Waals surface area contributed by atoms with Gasteiger partial charge in [0.25, 0.3) is 0 Å². The average Bonchev–Trinajstić information content (AvgIpc) is 2.27. The molecule has 0 aromatic rings. The Morgan fingerprint density at radius 3 is 2.73 bits per heavy atom. The van der Waals surface area contributed by atoms with Crippen molar-refractivity contribution in [1.82, 2.24) is 15.3 Å². The summed E-state index contributed by atoms with van der Waals surface area (Å²) in [5, 5.41) is 9.26. The monoisotopic (exact) mass is 216 g/mol. The van der Waals surface area contributed by atoms with E-state index < -0.39 is 5.97 Å². The second-order valence-corrected chi connectivity index (χ2v) is 3.22. The maximum absolute atomic E-state index is 11.1. The molecule has 1 rings (SSSR count). The van der Waals surface area contributed by atoms with Crippen molar-refractivity contribution in [1.29, 1.82) is 0 Å². The second kappa shape index (κ2) is 6.44. The van der Waals surface area contributed by atoms with Crippen LogP contribution in [0, 0.1) is 4.91 Å². The molecule has 1 aliphatic heterocycles. The van der Waals surface area contributed by atoms with E-state index in [4.69, 9.17) is 0 Å². The van der Waals surface area contributed by atoms with Gasteiger partial charge in [0.05, 0.1) is 0 Å². The molecule has 0 radical (unpaired) electrons. The molecule has 7 nitrogen and oxygen atoms in total. The minimum absolute atomic E-state index is 0.0717. The minimum atomic E-state index is -0.620. The van der Waals surface area contributed by atoms with Crippen LogP contribution in [-0.4, -0.2) is 55.3 Å². The molecule has 0 aromatic carbocycles. The van der Waals surface area contributed by atoms with E-state index in [0.717, 1.165) is 26.2 Å². The van der Waals surface area contributed by atoms with Gasteiger partial charge in [0.1, 0.15) is 6.54 Å². The lowest BCUT2D eigenvalue weighted by Gasteiger charge is -2.36. The van der Waals surface area contributed by atoms with Crippen LogP contribution in [0.3, 0.4) is 0 Å². The molecular weight excluding hydrogens is 200 g/mol. The third-order valence-corrected chi connectivity index (χ3v) is 2.31. The van der Waals surface area contributed by atoms with E-state index in [9.17, 15) is 9.70 Å². The molecule has 0 unspecified atom stereocenters. The summed E-state index contributed by atoms with van der Waals surface area (Å²) in [5.74, 6) is -0.620. The largest absolute Gasteiger partial charge is 0.353 e. The van der Waals surface area contributed by atoms with E-state index in [-0.39, 0.29) is 6.54 Å². The zero-order chi connectivity index (χ0) is 11.1. The fourth-order valence-corrected chi connectivity index (χ4v) is 1.57. The standard InChI is InChI=1S/C8H16N4O3/c1-2-11(7-8(13)15-10-14)12-5-3-9-4-6-12/h9H,2-7H2,1H3. The van der Waals surface area contributed by atoms with Gasteiger partial charge in [-0.2, -0.15) is 0 Å². The molecule has 0 aliphatic carbocycles. The van der Waals surface area contributed by atoms with Crippen LogP contribution >= 0.6 is 0 Å². The molecule has 0 amide bonds. The van der Waals surface area contributed by atoms with Gasteiger partial charge in [-0.15, -0.1) is 4.91 Å². The van der Waals surface area contributed by atoms with Crippen molar-refractivity contribution >= 4 is 5.97 Å². The van der Waals surface area contributed by atoms with Crippen LogP contribution in [0.5, 0.6) is 0 Å². The predicted molar refractivity (Wildman–Crippen MR) is 53.6 cm³/mol. The summed E-state index contributed by atoms with van der Waals surface area (Å²) < 4.78 is 0. The smallest absolute Gasteiger partial charge is 0.314 e. The Kier molecular flexibility index (Phi) is 5.16. The van der Waals surface area contributed by atoms with Crippen LogP contribution in [0.4, 0.5) is 0 Å². The lowest BCUT2D eigenvalue weighted by molar-refractivity contribution is -0.151. The number of carbonyl (C=O) groups is 1. The molecule has 7 heteroatoms. The quantitative estimate of drug-likeness (QED) is 0.486. The van der Waals surface area contributed by atoms with Gasteiger partial charge < -0.3 is 5.32 Å². The molecule has 1 fully saturated rings. The van der Waals surface area contributed by atoms with Gasteiger partial charge in [0.15, 0.2) is 5.34 Å². The van der Waals surface area contributed by atoms with E-state index in [1.54, 1.807) is 0 Å². The molecule has 1 heterocycles. The van der Waals surface area contributed by atoms with E-state index in [0.29, 0.717) is 6.54 Å². The first-order valence-electron chi connectivity index (χ1n) is 5.01. The van der Waals surface area contributed by atoms with Crippen molar-refractivity contribution in [3.8, 4) is 0 Å². The van der Waals surface area contributed by atoms with E-state index >= 15 is 0 Å². The highest BCUT2D eigenvalue weighted by Crippen LogP contribution is 2.00. The molecule has 0 aromatic heterocycles. The van der Waals surface area contributed by atoms with Crippen LogP contribution in [-0.2, 0) is 9.63 Å². The third kappa shape index (κ3) is 3.90. The Hall–Kier alpha value is -1.05. The number of piperazine rings is 1. The number of rotatable bonds is 5. The number of hydrogen-bond donors (Lipinski definition) is 1. The highest BCUT2D eigenvalue weighted by molar-refractivity contribution is 5.71. The number of carbonyl (C=O) groups excluding carboxylic acids is 1. The van der Waals surface area contributed by atoms with Crippen molar-refractivity contribution in [2.24, 2.45) is 5.34 Å². The lowest BCUT2D eigenvalue weighted by atomic mass is 10.4.